The summed E-state index contributed by atoms with van der Waals surface area (Å²) in [6, 6.07) is 6.91. The Bertz CT molecular complexity index is 960. The van der Waals surface area contributed by atoms with Gasteiger partial charge in [-0.25, -0.2) is 0 Å². The summed E-state index contributed by atoms with van der Waals surface area (Å²) in [4.78, 5) is 15.1. The highest BCUT2D eigenvalue weighted by molar-refractivity contribution is 8.26. The lowest BCUT2D eigenvalue weighted by Crippen LogP contribution is -2.27. The summed E-state index contributed by atoms with van der Waals surface area (Å²) in [5.41, 5.74) is 4.23. The minimum atomic E-state index is 0.0541. The average molecular weight is 436 g/mol. The van der Waals surface area contributed by atoms with E-state index in [2.05, 4.69) is 48.6 Å². The van der Waals surface area contributed by atoms with Crippen LogP contribution in [0.2, 0.25) is 0 Å². The predicted octanol–water partition coefficient (Wildman–Crippen LogP) is 6.49. The lowest BCUT2D eigenvalue weighted by atomic mass is 9.72. The maximum atomic E-state index is 12.6. The van der Waals surface area contributed by atoms with Crippen molar-refractivity contribution in [1.82, 2.24) is 4.90 Å². The Balaban J connectivity index is 1.45. The molecule has 1 saturated carbocycles. The normalized spacial score (nSPS) is 31.9. The fourth-order valence-corrected chi connectivity index (χ4v) is 7.46. The first-order valence-corrected chi connectivity index (χ1v) is 12.6. The van der Waals surface area contributed by atoms with Crippen LogP contribution in [0.4, 0.5) is 0 Å². The van der Waals surface area contributed by atoms with E-state index in [0.717, 1.165) is 22.3 Å². The maximum Gasteiger partial charge on any atom is 0.266 e. The van der Waals surface area contributed by atoms with Gasteiger partial charge < -0.3 is 0 Å². The van der Waals surface area contributed by atoms with E-state index in [1.165, 1.54) is 55.9 Å². The van der Waals surface area contributed by atoms with Crippen molar-refractivity contribution in [1.29, 1.82) is 0 Å². The number of carbonyl (C=O) groups is 1. The molecule has 1 aliphatic heterocycles. The number of amides is 1. The summed E-state index contributed by atoms with van der Waals surface area (Å²) in [7, 11) is 0. The first-order valence-electron chi connectivity index (χ1n) is 11.4. The molecular formula is C26H29NOS2. The second-order valence-corrected chi connectivity index (χ2v) is 10.7. The summed E-state index contributed by atoms with van der Waals surface area (Å²) < 4.78 is 0.678. The highest BCUT2D eigenvalue weighted by atomic mass is 32.2. The lowest BCUT2D eigenvalue weighted by molar-refractivity contribution is -0.121. The van der Waals surface area contributed by atoms with Gasteiger partial charge in [0.05, 0.1) is 4.91 Å². The molecule has 0 aromatic heterocycles. The van der Waals surface area contributed by atoms with Crippen molar-refractivity contribution < 1.29 is 4.79 Å². The van der Waals surface area contributed by atoms with E-state index in [4.69, 9.17) is 12.2 Å². The van der Waals surface area contributed by atoms with Gasteiger partial charge in [0.15, 0.2) is 0 Å². The molecule has 2 fully saturated rings. The quantitative estimate of drug-likeness (QED) is 0.400. The van der Waals surface area contributed by atoms with E-state index in [-0.39, 0.29) is 5.91 Å². The summed E-state index contributed by atoms with van der Waals surface area (Å²) in [6.07, 6.45) is 19.0. The molecule has 3 aliphatic carbocycles. The van der Waals surface area contributed by atoms with Crippen LogP contribution in [0.5, 0.6) is 0 Å². The van der Waals surface area contributed by atoms with Gasteiger partial charge in [0.1, 0.15) is 4.32 Å². The molecule has 4 unspecified atom stereocenters. The van der Waals surface area contributed by atoms with Crippen LogP contribution in [0.15, 0.2) is 47.4 Å². The van der Waals surface area contributed by atoms with Crippen LogP contribution >= 0.6 is 24.0 Å². The number of allylic oxidation sites excluding steroid dienone is 4. The second-order valence-electron chi connectivity index (χ2n) is 9.00. The molecule has 1 aromatic rings. The van der Waals surface area contributed by atoms with E-state index in [9.17, 15) is 4.79 Å². The number of hydrogen-bond donors (Lipinski definition) is 0. The third kappa shape index (κ3) is 3.62. The van der Waals surface area contributed by atoms with Crippen LogP contribution in [0.1, 0.15) is 61.6 Å². The zero-order chi connectivity index (χ0) is 20.7. The van der Waals surface area contributed by atoms with Crippen LogP contribution < -0.4 is 0 Å². The van der Waals surface area contributed by atoms with Crippen LogP contribution in [0.25, 0.3) is 6.08 Å². The minimum absolute atomic E-state index is 0.0541. The molecule has 2 nitrogen and oxygen atoms in total. The number of fused-ring (bicyclic) bond motifs is 3. The van der Waals surface area contributed by atoms with Crippen LogP contribution in [0.3, 0.4) is 0 Å². The van der Waals surface area contributed by atoms with Crippen molar-refractivity contribution in [3.63, 3.8) is 0 Å². The maximum absolute atomic E-state index is 12.6. The van der Waals surface area contributed by atoms with E-state index in [1.54, 1.807) is 10.5 Å². The SMILES string of the molecule is CCN1C(=O)C(=Cc2ccc3c(c2)C2CCCC2C(C2C=CC=CC2)CC3)SC1=S. The van der Waals surface area contributed by atoms with Crippen molar-refractivity contribution in [2.45, 2.75) is 51.4 Å². The van der Waals surface area contributed by atoms with Crippen molar-refractivity contribution in [3.8, 4) is 0 Å². The van der Waals surface area contributed by atoms with Crippen LogP contribution in [-0.2, 0) is 11.2 Å². The Kier molecular flexibility index (Phi) is 5.72. The van der Waals surface area contributed by atoms with Gasteiger partial charge in [-0.2, -0.15) is 0 Å². The van der Waals surface area contributed by atoms with E-state index in [1.807, 2.05) is 6.92 Å². The van der Waals surface area contributed by atoms with E-state index < -0.39 is 0 Å². The molecule has 4 atom stereocenters. The largest absolute Gasteiger partial charge is 0.293 e. The number of thioether (sulfide) groups is 1. The van der Waals surface area contributed by atoms with Crippen molar-refractivity contribution >= 4 is 40.3 Å². The molecule has 156 valence electrons. The zero-order valence-corrected chi connectivity index (χ0v) is 19.2. The molecule has 4 aliphatic rings. The Morgan fingerprint density at radius 1 is 1.20 bits per heavy atom. The highest BCUT2D eigenvalue weighted by Crippen LogP contribution is 2.51. The molecule has 0 bridgehead atoms. The van der Waals surface area contributed by atoms with E-state index in [0.29, 0.717) is 22.7 Å². The zero-order valence-electron chi connectivity index (χ0n) is 17.5. The van der Waals surface area contributed by atoms with Gasteiger partial charge in [0.2, 0.25) is 0 Å². The second kappa shape index (κ2) is 8.47. The number of carbonyl (C=O) groups excluding carboxylic acids is 1. The predicted molar refractivity (Wildman–Crippen MR) is 130 cm³/mol. The monoisotopic (exact) mass is 435 g/mol. The molecule has 4 heteroatoms. The Morgan fingerprint density at radius 3 is 2.87 bits per heavy atom. The van der Waals surface area contributed by atoms with Gasteiger partial charge in [-0.15, -0.1) is 0 Å². The standard InChI is InChI=1S/C26H29NOS2/c1-2-27-25(28)24(30-26(27)29)16-17-11-12-19-13-14-20(18-7-4-3-5-8-18)21-9-6-10-22(21)23(19)15-17/h3-5,7,11-12,15-16,18,20-22H,2,6,8-10,13-14H2,1H3. The smallest absolute Gasteiger partial charge is 0.266 e. The third-order valence-corrected chi connectivity index (χ3v) is 8.86. The summed E-state index contributed by atoms with van der Waals surface area (Å²) in [5.74, 6) is 3.00. The Morgan fingerprint density at radius 2 is 2.10 bits per heavy atom. The summed E-state index contributed by atoms with van der Waals surface area (Å²) in [5, 5.41) is 0. The van der Waals surface area contributed by atoms with Crippen molar-refractivity contribution in [2.24, 2.45) is 17.8 Å². The fourth-order valence-electron chi connectivity index (χ4n) is 6.07. The fraction of sp³-hybridized carbons (Fsp3) is 0.462. The molecule has 30 heavy (non-hydrogen) atoms. The number of nitrogens with zero attached hydrogens (tertiary/aromatic N) is 1. The van der Waals surface area contributed by atoms with Gasteiger partial charge in [0.25, 0.3) is 5.91 Å². The lowest BCUT2D eigenvalue weighted by Gasteiger charge is -2.32. The molecule has 1 heterocycles. The van der Waals surface area contributed by atoms with Gasteiger partial charge in [-0.1, -0.05) is 72.9 Å². The summed E-state index contributed by atoms with van der Waals surface area (Å²) in [6.45, 7) is 2.62. The average Bonchev–Trinajstić information content (AvgIpc) is 3.30. The van der Waals surface area contributed by atoms with Crippen molar-refractivity contribution in [2.75, 3.05) is 6.54 Å². The molecule has 5 rings (SSSR count). The molecule has 0 N–H and O–H groups in total. The molecule has 1 aromatic carbocycles. The first kappa shape index (κ1) is 20.3. The molecule has 1 saturated heterocycles. The topological polar surface area (TPSA) is 20.3 Å². The number of rotatable bonds is 3. The molecular weight excluding hydrogens is 406 g/mol. The van der Waals surface area contributed by atoms with Crippen LogP contribution in [-0.4, -0.2) is 21.7 Å². The third-order valence-electron chi connectivity index (χ3n) is 7.49. The van der Waals surface area contributed by atoms with Gasteiger partial charge >= 0.3 is 0 Å². The number of aryl methyl sites for hydroxylation is 1. The van der Waals surface area contributed by atoms with E-state index >= 15 is 0 Å². The Hall–Kier alpha value is -1.65. The van der Waals surface area contributed by atoms with Crippen LogP contribution in [0, 0.1) is 17.8 Å². The van der Waals surface area contributed by atoms with Gasteiger partial charge in [-0.05, 0) is 85.5 Å². The number of likely N-dealkylation sites (N-methyl/N-ethyl adjacent to an activating group) is 1. The number of hydrogen-bond acceptors (Lipinski definition) is 3. The number of thiocarbonyl (C=S) groups is 1. The minimum Gasteiger partial charge on any atom is -0.293 e. The van der Waals surface area contributed by atoms with Gasteiger partial charge in [-0.3, -0.25) is 9.69 Å². The first-order chi connectivity index (χ1) is 14.7. The number of benzene rings is 1. The highest BCUT2D eigenvalue weighted by Gasteiger charge is 2.40. The summed E-state index contributed by atoms with van der Waals surface area (Å²) >= 11 is 6.81. The molecule has 1 amide bonds. The van der Waals surface area contributed by atoms with Crippen molar-refractivity contribution in [3.05, 3.63) is 64.1 Å². The molecule has 0 radical (unpaired) electrons. The Labute approximate surface area is 189 Å². The molecule has 0 spiro atoms. The van der Waals surface area contributed by atoms with Gasteiger partial charge in [0, 0.05) is 6.54 Å².